The number of esters is 1. The number of rotatable bonds is 3. The zero-order valence-corrected chi connectivity index (χ0v) is 11.0. The lowest BCUT2D eigenvalue weighted by molar-refractivity contribution is 0.0601. The normalized spacial score (nSPS) is 8.55. The lowest BCUT2D eigenvalue weighted by Crippen LogP contribution is -2.05. The second-order valence-corrected chi connectivity index (χ2v) is 3.80. The molecule has 0 heterocycles. The molecule has 0 saturated heterocycles. The van der Waals surface area contributed by atoms with Crippen LogP contribution in [0.3, 0.4) is 0 Å². The van der Waals surface area contributed by atoms with Crippen molar-refractivity contribution in [2.24, 2.45) is 0 Å². The van der Waals surface area contributed by atoms with E-state index in [-0.39, 0.29) is 21.9 Å². The van der Waals surface area contributed by atoms with Crippen molar-refractivity contribution in [2.45, 2.75) is 0 Å². The number of nitriles is 3. The van der Waals surface area contributed by atoms with Gasteiger partial charge in [0.05, 0.1) is 17.7 Å². The molecule has 0 radical (unpaired) electrons. The molecule has 1 N–H and O–H groups in total. The van der Waals surface area contributed by atoms with E-state index in [1.807, 2.05) is 0 Å². The predicted octanol–water partition coefficient (Wildman–Crippen LogP) is 2.36. The maximum atomic E-state index is 11.5. The van der Waals surface area contributed by atoms with Crippen LogP contribution in [0.15, 0.2) is 29.5 Å². The fourth-order valence-corrected chi connectivity index (χ4v) is 1.49. The van der Waals surface area contributed by atoms with Crippen molar-refractivity contribution in [2.75, 3.05) is 12.4 Å². The molecule has 0 unspecified atom stereocenters. The summed E-state index contributed by atoms with van der Waals surface area (Å²) >= 11 is 5.85. The van der Waals surface area contributed by atoms with Crippen LogP contribution in [0.5, 0.6) is 0 Å². The lowest BCUT2D eigenvalue weighted by Gasteiger charge is -2.08. The van der Waals surface area contributed by atoms with Crippen LogP contribution in [0.2, 0.25) is 5.02 Å². The number of hydrogen-bond acceptors (Lipinski definition) is 6. The summed E-state index contributed by atoms with van der Waals surface area (Å²) in [6, 6.07) is 9.19. The zero-order valence-electron chi connectivity index (χ0n) is 10.3. The van der Waals surface area contributed by atoms with Gasteiger partial charge in [0, 0.05) is 5.69 Å². The van der Waals surface area contributed by atoms with Crippen LogP contribution in [0.4, 0.5) is 5.69 Å². The molecule has 0 aromatic heterocycles. The first-order valence-electron chi connectivity index (χ1n) is 5.16. The highest BCUT2D eigenvalue weighted by Crippen LogP contribution is 2.22. The number of halogens is 1. The number of hydrogen-bond donors (Lipinski definition) is 1. The van der Waals surface area contributed by atoms with Gasteiger partial charge >= 0.3 is 5.97 Å². The first-order valence-corrected chi connectivity index (χ1v) is 5.54. The fraction of sp³-hybridized carbons (Fsp3) is 0.0769. The Labute approximate surface area is 120 Å². The van der Waals surface area contributed by atoms with Gasteiger partial charge in [0.1, 0.15) is 23.9 Å². The molecule has 98 valence electrons. The fourth-order valence-electron chi connectivity index (χ4n) is 1.30. The molecule has 1 aromatic rings. The van der Waals surface area contributed by atoms with E-state index in [2.05, 4.69) is 10.1 Å². The van der Waals surface area contributed by atoms with E-state index < -0.39 is 5.97 Å². The smallest absolute Gasteiger partial charge is 0.339 e. The average molecular weight is 287 g/mol. The number of ether oxygens (including phenoxy) is 1. The molecule has 0 aliphatic carbocycles. The van der Waals surface area contributed by atoms with Gasteiger partial charge in [-0.15, -0.1) is 0 Å². The Balaban J connectivity index is 3.22. The minimum atomic E-state index is -0.637. The molecule has 1 rings (SSSR count). The summed E-state index contributed by atoms with van der Waals surface area (Å²) in [7, 11) is 1.21. The van der Waals surface area contributed by atoms with E-state index in [4.69, 9.17) is 27.4 Å². The summed E-state index contributed by atoms with van der Waals surface area (Å²) in [6.45, 7) is 0. The van der Waals surface area contributed by atoms with Gasteiger partial charge in [-0.2, -0.15) is 15.8 Å². The number of nitrogens with zero attached hydrogens (tertiary/aromatic N) is 3. The molecular formula is C13H7ClN4O2. The van der Waals surface area contributed by atoms with Crippen LogP contribution in [0.25, 0.3) is 0 Å². The number of methoxy groups -OCH3 is 1. The standard InChI is InChI=1S/C13H7ClN4O2/c1-20-13(19)10-4-9(2-3-11(10)14)18-12(7-17)8(5-15)6-16/h2-4,18H,1H3. The van der Waals surface area contributed by atoms with E-state index >= 15 is 0 Å². The highest BCUT2D eigenvalue weighted by Gasteiger charge is 2.13. The third-order valence-electron chi connectivity index (χ3n) is 2.23. The second kappa shape index (κ2) is 6.80. The molecule has 20 heavy (non-hydrogen) atoms. The van der Waals surface area contributed by atoms with Crippen molar-refractivity contribution >= 4 is 23.3 Å². The Morgan fingerprint density at radius 1 is 1.25 bits per heavy atom. The minimum absolute atomic E-state index is 0.104. The summed E-state index contributed by atoms with van der Waals surface area (Å²) in [5.41, 5.74) is -0.142. The van der Waals surface area contributed by atoms with Crippen LogP contribution in [-0.4, -0.2) is 13.1 Å². The molecule has 0 saturated carbocycles. The summed E-state index contributed by atoms with van der Waals surface area (Å²) < 4.78 is 4.56. The van der Waals surface area contributed by atoms with E-state index in [1.54, 1.807) is 18.2 Å². The first kappa shape index (κ1) is 15.0. The number of anilines is 1. The molecule has 0 amide bonds. The molecular weight excluding hydrogens is 280 g/mol. The Kier molecular flexibility index (Phi) is 5.12. The first-order chi connectivity index (χ1) is 9.57. The number of benzene rings is 1. The molecule has 0 bridgehead atoms. The van der Waals surface area contributed by atoms with Gasteiger partial charge in [-0.25, -0.2) is 4.79 Å². The third-order valence-corrected chi connectivity index (χ3v) is 2.56. The number of carbonyl (C=O) groups is 1. The van der Waals surface area contributed by atoms with Crippen LogP contribution >= 0.6 is 11.6 Å². The molecule has 0 atom stereocenters. The lowest BCUT2D eigenvalue weighted by atomic mass is 10.2. The van der Waals surface area contributed by atoms with E-state index in [0.29, 0.717) is 5.69 Å². The summed E-state index contributed by atoms with van der Waals surface area (Å²) in [5.74, 6) is -0.637. The highest BCUT2D eigenvalue weighted by molar-refractivity contribution is 6.33. The van der Waals surface area contributed by atoms with Gasteiger partial charge in [0.15, 0.2) is 5.57 Å². The van der Waals surface area contributed by atoms with E-state index in [0.717, 1.165) is 0 Å². The monoisotopic (exact) mass is 286 g/mol. The number of carbonyl (C=O) groups excluding carboxylic acids is 1. The Bertz CT molecular complexity index is 689. The van der Waals surface area contributed by atoms with Crippen molar-refractivity contribution in [1.29, 1.82) is 15.8 Å². The van der Waals surface area contributed by atoms with Gasteiger partial charge in [-0.3, -0.25) is 0 Å². The quantitative estimate of drug-likeness (QED) is 0.674. The van der Waals surface area contributed by atoms with Crippen LogP contribution < -0.4 is 5.32 Å². The molecule has 0 aliphatic rings. The van der Waals surface area contributed by atoms with Crippen LogP contribution in [0, 0.1) is 34.0 Å². The minimum Gasteiger partial charge on any atom is -0.465 e. The Morgan fingerprint density at radius 3 is 2.40 bits per heavy atom. The Hall–Kier alpha value is -3.01. The average Bonchev–Trinajstić information content (AvgIpc) is 2.48. The van der Waals surface area contributed by atoms with Crippen molar-refractivity contribution in [1.82, 2.24) is 0 Å². The molecule has 0 spiro atoms. The van der Waals surface area contributed by atoms with Gasteiger partial charge < -0.3 is 10.1 Å². The Morgan fingerprint density at radius 2 is 1.90 bits per heavy atom. The zero-order chi connectivity index (χ0) is 15.1. The van der Waals surface area contributed by atoms with Crippen molar-refractivity contribution < 1.29 is 9.53 Å². The number of nitrogens with one attached hydrogen (secondary N) is 1. The largest absolute Gasteiger partial charge is 0.465 e. The molecule has 0 aliphatic heterocycles. The van der Waals surface area contributed by atoms with E-state index in [9.17, 15) is 4.79 Å². The van der Waals surface area contributed by atoms with Gasteiger partial charge in [-0.05, 0) is 18.2 Å². The van der Waals surface area contributed by atoms with Gasteiger partial charge in [-0.1, -0.05) is 11.6 Å². The van der Waals surface area contributed by atoms with Crippen LogP contribution in [0.1, 0.15) is 10.4 Å². The maximum absolute atomic E-state index is 11.5. The highest BCUT2D eigenvalue weighted by atomic mass is 35.5. The van der Waals surface area contributed by atoms with Crippen molar-refractivity contribution in [3.8, 4) is 18.2 Å². The van der Waals surface area contributed by atoms with Crippen molar-refractivity contribution in [3.63, 3.8) is 0 Å². The van der Waals surface area contributed by atoms with E-state index in [1.165, 1.54) is 25.3 Å². The van der Waals surface area contributed by atoms with Gasteiger partial charge in [0.2, 0.25) is 0 Å². The van der Waals surface area contributed by atoms with Crippen LogP contribution in [-0.2, 0) is 4.74 Å². The molecule has 1 aromatic carbocycles. The maximum Gasteiger partial charge on any atom is 0.339 e. The SMILES string of the molecule is COC(=O)c1cc(NC(C#N)=C(C#N)C#N)ccc1Cl. The predicted molar refractivity (Wildman–Crippen MR) is 70.3 cm³/mol. The molecule has 0 fully saturated rings. The molecule has 6 nitrogen and oxygen atoms in total. The topological polar surface area (TPSA) is 110 Å². The summed E-state index contributed by atoms with van der Waals surface area (Å²) in [6.07, 6.45) is 0. The third kappa shape index (κ3) is 3.26. The summed E-state index contributed by atoms with van der Waals surface area (Å²) in [4.78, 5) is 11.5. The van der Waals surface area contributed by atoms with Crippen molar-refractivity contribution in [3.05, 3.63) is 40.1 Å². The second-order valence-electron chi connectivity index (χ2n) is 3.40. The summed E-state index contributed by atoms with van der Waals surface area (Å²) in [5, 5.41) is 29.1. The number of allylic oxidation sites excluding steroid dienone is 2. The van der Waals surface area contributed by atoms with Gasteiger partial charge in [0.25, 0.3) is 0 Å². The molecule has 7 heteroatoms.